The van der Waals surface area contributed by atoms with Crippen LogP contribution in [0.5, 0.6) is 0 Å². The zero-order valence-electron chi connectivity index (χ0n) is 19.6. The molecule has 5 rings (SSSR count). The topological polar surface area (TPSA) is 108 Å². The zero-order valence-corrected chi connectivity index (χ0v) is 21.1. The quantitative estimate of drug-likeness (QED) is 0.445. The minimum absolute atomic E-state index is 0.00222. The Morgan fingerprint density at radius 1 is 1.18 bits per heavy atom. The molecule has 198 valence electrons. The molecule has 3 aromatic rings. The molecule has 13 heteroatoms. The third-order valence-electron chi connectivity index (χ3n) is 6.53. The molecular formula is C25H20ClF3N4O4S. The van der Waals surface area contributed by atoms with Gasteiger partial charge in [0.2, 0.25) is 0 Å². The van der Waals surface area contributed by atoms with Gasteiger partial charge in [-0.25, -0.2) is 4.79 Å². The van der Waals surface area contributed by atoms with Crippen LogP contribution < -0.4 is 0 Å². The first-order valence-electron chi connectivity index (χ1n) is 11.5. The van der Waals surface area contributed by atoms with Gasteiger partial charge < -0.3 is 15.1 Å². The van der Waals surface area contributed by atoms with E-state index in [9.17, 15) is 33.0 Å². The molecular weight excluding hydrogens is 545 g/mol. The van der Waals surface area contributed by atoms with E-state index in [-0.39, 0.29) is 43.1 Å². The SMILES string of the molecule is O=C1N=C(N2CCC(O)(C(=O)O)CC2)S/C1=C/c1ccc2c(cnn2Cc2ccc(Cl)cc2C(F)(F)F)c1. The van der Waals surface area contributed by atoms with Crippen molar-refractivity contribution in [2.24, 2.45) is 4.99 Å². The van der Waals surface area contributed by atoms with Crippen molar-refractivity contribution < 1.29 is 33.0 Å². The van der Waals surface area contributed by atoms with E-state index in [1.165, 1.54) is 28.6 Å². The van der Waals surface area contributed by atoms with E-state index in [1.807, 2.05) is 0 Å². The molecule has 38 heavy (non-hydrogen) atoms. The summed E-state index contributed by atoms with van der Waals surface area (Å²) < 4.78 is 41.9. The number of aliphatic imine (C=N–C) groups is 1. The Bertz CT molecular complexity index is 1510. The number of hydrogen-bond donors (Lipinski definition) is 2. The summed E-state index contributed by atoms with van der Waals surface area (Å²) in [5.74, 6) is -1.69. The molecule has 0 bridgehead atoms. The lowest BCUT2D eigenvalue weighted by molar-refractivity contribution is -0.162. The number of fused-ring (bicyclic) bond motifs is 1. The first-order chi connectivity index (χ1) is 17.9. The molecule has 0 radical (unpaired) electrons. The predicted molar refractivity (Wildman–Crippen MR) is 137 cm³/mol. The normalized spacial score (nSPS) is 18.9. The number of amidine groups is 1. The predicted octanol–water partition coefficient (Wildman–Crippen LogP) is 4.64. The number of thioether (sulfide) groups is 1. The molecule has 2 N–H and O–H groups in total. The number of aromatic nitrogens is 2. The molecule has 2 aliphatic rings. The van der Waals surface area contributed by atoms with E-state index in [0.29, 0.717) is 26.5 Å². The third kappa shape index (κ3) is 5.16. The highest BCUT2D eigenvalue weighted by Crippen LogP contribution is 2.35. The van der Waals surface area contributed by atoms with Crippen molar-refractivity contribution in [1.29, 1.82) is 0 Å². The van der Waals surface area contributed by atoms with Gasteiger partial charge in [-0.05, 0) is 53.2 Å². The van der Waals surface area contributed by atoms with Crippen LogP contribution in [-0.2, 0) is 22.3 Å². The van der Waals surface area contributed by atoms with Crippen molar-refractivity contribution in [2.75, 3.05) is 13.1 Å². The molecule has 0 unspecified atom stereocenters. The van der Waals surface area contributed by atoms with Crippen molar-refractivity contribution in [3.8, 4) is 0 Å². The van der Waals surface area contributed by atoms with E-state index in [1.54, 1.807) is 35.4 Å². The maximum atomic E-state index is 13.5. The van der Waals surface area contributed by atoms with Crippen LogP contribution in [0.2, 0.25) is 5.02 Å². The number of likely N-dealkylation sites (tertiary alicyclic amines) is 1. The largest absolute Gasteiger partial charge is 0.479 e. The summed E-state index contributed by atoms with van der Waals surface area (Å²) in [7, 11) is 0. The molecule has 1 saturated heterocycles. The summed E-state index contributed by atoms with van der Waals surface area (Å²) in [5.41, 5.74) is -1.24. The number of carboxylic acid groups (broad SMARTS) is 1. The Morgan fingerprint density at radius 3 is 2.61 bits per heavy atom. The second kappa shape index (κ2) is 9.75. The first-order valence-corrected chi connectivity index (χ1v) is 12.7. The molecule has 2 aromatic carbocycles. The molecule has 0 atom stereocenters. The van der Waals surface area contributed by atoms with Crippen molar-refractivity contribution in [3.05, 3.63) is 69.2 Å². The van der Waals surface area contributed by atoms with Crippen LogP contribution in [0.3, 0.4) is 0 Å². The highest BCUT2D eigenvalue weighted by atomic mass is 35.5. The smallest absolute Gasteiger partial charge is 0.416 e. The number of carboxylic acids is 1. The molecule has 1 amide bonds. The maximum absolute atomic E-state index is 13.5. The number of rotatable bonds is 4. The molecule has 3 heterocycles. The molecule has 2 aliphatic heterocycles. The van der Waals surface area contributed by atoms with Gasteiger partial charge in [0.1, 0.15) is 0 Å². The number of hydrogen-bond acceptors (Lipinski definition) is 6. The Morgan fingerprint density at radius 2 is 1.92 bits per heavy atom. The van der Waals surface area contributed by atoms with Gasteiger partial charge in [-0.1, -0.05) is 23.7 Å². The second-order valence-corrected chi connectivity index (χ2v) is 10.5. The van der Waals surface area contributed by atoms with Crippen LogP contribution in [0.4, 0.5) is 13.2 Å². The number of alkyl halides is 3. The first kappa shape index (κ1) is 26.3. The number of nitrogens with zero attached hydrogens (tertiary/aromatic N) is 4. The van der Waals surface area contributed by atoms with Crippen molar-refractivity contribution in [2.45, 2.75) is 31.2 Å². The van der Waals surface area contributed by atoms with Crippen molar-refractivity contribution in [1.82, 2.24) is 14.7 Å². The van der Waals surface area contributed by atoms with Gasteiger partial charge in [-0.3, -0.25) is 9.48 Å². The van der Waals surface area contributed by atoms with Gasteiger partial charge in [-0.2, -0.15) is 23.3 Å². The highest BCUT2D eigenvalue weighted by Gasteiger charge is 2.41. The number of carbonyl (C=O) groups is 2. The van der Waals surface area contributed by atoms with Gasteiger partial charge in [0, 0.05) is 36.3 Å². The average molecular weight is 565 g/mol. The Kier molecular flexibility index (Phi) is 6.74. The summed E-state index contributed by atoms with van der Waals surface area (Å²) in [6.45, 7) is 0.405. The minimum Gasteiger partial charge on any atom is -0.479 e. The fourth-order valence-corrected chi connectivity index (χ4v) is 5.54. The van der Waals surface area contributed by atoms with E-state index in [0.717, 1.165) is 6.07 Å². The van der Waals surface area contributed by atoms with Gasteiger partial charge >= 0.3 is 12.1 Å². The molecule has 0 saturated carbocycles. The molecule has 1 fully saturated rings. The summed E-state index contributed by atoms with van der Waals surface area (Å²) in [6.07, 6.45) is -1.30. The van der Waals surface area contributed by atoms with E-state index in [4.69, 9.17) is 11.6 Å². The van der Waals surface area contributed by atoms with Crippen LogP contribution in [0.25, 0.3) is 17.0 Å². The molecule has 8 nitrogen and oxygen atoms in total. The van der Waals surface area contributed by atoms with E-state index in [2.05, 4.69) is 10.1 Å². The standard InChI is InChI=1S/C25H20ClF3N4O4S/c26-17-3-2-15(18(11-17)25(27,28)29)13-33-19-4-1-14(9-16(19)12-30-33)10-20-21(34)31-23(38-20)32-7-5-24(37,6-8-32)22(35)36/h1-4,9-12,37H,5-8,13H2,(H,35,36)/b20-10+. The number of aliphatic carboxylic acids is 1. The van der Waals surface area contributed by atoms with Crippen LogP contribution in [0.1, 0.15) is 29.5 Å². The number of halogens is 4. The Hall–Kier alpha value is -3.35. The summed E-state index contributed by atoms with van der Waals surface area (Å²) in [4.78, 5) is 30.0. The Labute approximate surface area is 223 Å². The molecule has 0 aliphatic carbocycles. The minimum atomic E-state index is -4.55. The number of amides is 1. The van der Waals surface area contributed by atoms with Crippen LogP contribution in [-0.4, -0.2) is 60.6 Å². The lowest BCUT2D eigenvalue weighted by atomic mass is 9.92. The third-order valence-corrected chi connectivity index (χ3v) is 7.81. The number of aliphatic hydroxyl groups is 1. The summed E-state index contributed by atoms with van der Waals surface area (Å²) in [6, 6.07) is 8.88. The summed E-state index contributed by atoms with van der Waals surface area (Å²) in [5, 5.41) is 24.7. The Balaban J connectivity index is 1.32. The number of piperidine rings is 1. The highest BCUT2D eigenvalue weighted by molar-refractivity contribution is 8.18. The fraction of sp³-hybridized carbons (Fsp3) is 0.280. The lowest BCUT2D eigenvalue weighted by Gasteiger charge is -2.35. The van der Waals surface area contributed by atoms with Gasteiger partial charge in [0.15, 0.2) is 10.8 Å². The number of carbonyl (C=O) groups excluding carboxylic acids is 1. The fourth-order valence-electron chi connectivity index (χ4n) is 4.40. The van der Waals surface area contributed by atoms with E-state index < -0.39 is 29.2 Å². The van der Waals surface area contributed by atoms with Gasteiger partial charge in [0.25, 0.3) is 5.91 Å². The van der Waals surface area contributed by atoms with Crippen LogP contribution >= 0.6 is 23.4 Å². The van der Waals surface area contributed by atoms with Gasteiger partial charge in [0.05, 0.1) is 28.7 Å². The van der Waals surface area contributed by atoms with Crippen molar-refractivity contribution in [3.63, 3.8) is 0 Å². The summed E-state index contributed by atoms with van der Waals surface area (Å²) >= 11 is 6.94. The second-order valence-electron chi connectivity index (χ2n) is 9.05. The zero-order chi connectivity index (χ0) is 27.2. The van der Waals surface area contributed by atoms with Crippen LogP contribution in [0.15, 0.2) is 52.5 Å². The molecule has 0 spiro atoms. The number of benzene rings is 2. The average Bonchev–Trinajstić information content (AvgIpc) is 3.42. The monoisotopic (exact) mass is 564 g/mol. The molecule has 1 aromatic heterocycles. The van der Waals surface area contributed by atoms with E-state index >= 15 is 0 Å². The van der Waals surface area contributed by atoms with Crippen molar-refractivity contribution >= 4 is 57.4 Å². The maximum Gasteiger partial charge on any atom is 0.416 e. The van der Waals surface area contributed by atoms with Crippen LogP contribution in [0, 0.1) is 0 Å². The van der Waals surface area contributed by atoms with Gasteiger partial charge in [-0.15, -0.1) is 0 Å². The lowest BCUT2D eigenvalue weighted by Crippen LogP contribution is -2.50.